The molecule has 0 aromatic carbocycles. The number of anilines is 1. The number of thiophene rings is 1. The van der Waals surface area contributed by atoms with Gasteiger partial charge in [-0.05, 0) is 31.9 Å². The van der Waals surface area contributed by atoms with Crippen molar-refractivity contribution in [1.29, 1.82) is 0 Å². The van der Waals surface area contributed by atoms with Crippen molar-refractivity contribution in [3.63, 3.8) is 0 Å². The summed E-state index contributed by atoms with van der Waals surface area (Å²) < 4.78 is 4.95. The summed E-state index contributed by atoms with van der Waals surface area (Å²) in [5.74, 6) is -1.80. The van der Waals surface area contributed by atoms with Gasteiger partial charge in [0, 0.05) is 13.1 Å². The summed E-state index contributed by atoms with van der Waals surface area (Å²) in [6, 6.07) is 1.36. The molecule has 1 aromatic rings. The first kappa shape index (κ1) is 16.3. The third kappa shape index (κ3) is 3.56. The Kier molecular flexibility index (Phi) is 5.02. The fourth-order valence-electron chi connectivity index (χ4n) is 2.27. The van der Waals surface area contributed by atoms with Crippen LogP contribution in [0.2, 0.25) is 0 Å². The van der Waals surface area contributed by atoms with E-state index in [2.05, 4.69) is 5.32 Å². The number of rotatable bonds is 4. The number of esters is 1. The maximum Gasteiger partial charge on any atom is 0.348 e. The molecule has 1 aliphatic heterocycles. The average molecular weight is 326 g/mol. The first-order valence-electron chi connectivity index (χ1n) is 6.98. The van der Waals surface area contributed by atoms with Crippen LogP contribution in [0.3, 0.4) is 0 Å². The van der Waals surface area contributed by atoms with Crippen LogP contribution in [-0.4, -0.2) is 47.7 Å². The van der Waals surface area contributed by atoms with Crippen LogP contribution in [0, 0.1) is 12.8 Å². The van der Waals surface area contributed by atoms with Gasteiger partial charge in [-0.3, -0.25) is 10.1 Å². The number of amides is 2. The highest BCUT2D eigenvalue weighted by molar-refractivity contribution is 7.18. The van der Waals surface area contributed by atoms with Gasteiger partial charge in [0.2, 0.25) is 0 Å². The summed E-state index contributed by atoms with van der Waals surface area (Å²) in [7, 11) is 0. The van der Waals surface area contributed by atoms with Gasteiger partial charge in [0.25, 0.3) is 0 Å². The SMILES string of the molecule is CCOC(=O)c1sc(NC(=O)N2CCC(C(=O)O)C2)cc1C. The summed E-state index contributed by atoms with van der Waals surface area (Å²) in [4.78, 5) is 36.7. The molecule has 1 aliphatic rings. The van der Waals surface area contributed by atoms with Gasteiger partial charge in [-0.2, -0.15) is 0 Å². The second-order valence-electron chi connectivity index (χ2n) is 5.04. The Labute approximate surface area is 131 Å². The second kappa shape index (κ2) is 6.78. The zero-order valence-corrected chi connectivity index (χ0v) is 13.2. The summed E-state index contributed by atoms with van der Waals surface area (Å²) in [6.45, 7) is 4.42. The molecular formula is C14H18N2O5S. The Morgan fingerprint density at radius 1 is 1.50 bits per heavy atom. The molecule has 0 bridgehead atoms. The van der Waals surface area contributed by atoms with Gasteiger partial charge in [0.05, 0.1) is 17.5 Å². The number of aryl methyl sites for hydroxylation is 1. The first-order valence-corrected chi connectivity index (χ1v) is 7.80. The Bertz CT molecular complexity index is 598. The maximum absolute atomic E-state index is 12.1. The second-order valence-corrected chi connectivity index (χ2v) is 6.10. The number of carboxylic acids is 1. The van der Waals surface area contributed by atoms with Gasteiger partial charge in [-0.25, -0.2) is 9.59 Å². The molecule has 2 rings (SSSR count). The summed E-state index contributed by atoms with van der Waals surface area (Å²) >= 11 is 1.15. The minimum Gasteiger partial charge on any atom is -0.481 e. The highest BCUT2D eigenvalue weighted by Gasteiger charge is 2.31. The van der Waals surface area contributed by atoms with Crippen LogP contribution in [0.25, 0.3) is 0 Å². The van der Waals surface area contributed by atoms with Crippen LogP contribution in [0.5, 0.6) is 0 Å². The van der Waals surface area contributed by atoms with Crippen molar-refractivity contribution in [2.45, 2.75) is 20.3 Å². The lowest BCUT2D eigenvalue weighted by Crippen LogP contribution is -2.33. The quantitative estimate of drug-likeness (QED) is 0.827. The predicted octanol–water partition coefficient (Wildman–Crippen LogP) is 2.17. The molecule has 7 nitrogen and oxygen atoms in total. The Balaban J connectivity index is 1.99. The minimum atomic E-state index is -0.883. The van der Waals surface area contributed by atoms with Crippen LogP contribution in [0.4, 0.5) is 9.80 Å². The number of carboxylic acid groups (broad SMARTS) is 1. The normalized spacial score (nSPS) is 17.4. The monoisotopic (exact) mass is 326 g/mol. The van der Waals surface area contributed by atoms with Gasteiger partial charge >= 0.3 is 18.0 Å². The van der Waals surface area contributed by atoms with E-state index in [9.17, 15) is 14.4 Å². The van der Waals surface area contributed by atoms with Crippen LogP contribution in [-0.2, 0) is 9.53 Å². The number of hydrogen-bond acceptors (Lipinski definition) is 5. The van der Waals surface area contributed by atoms with Gasteiger partial charge in [0.1, 0.15) is 4.88 Å². The van der Waals surface area contributed by atoms with E-state index in [0.29, 0.717) is 29.5 Å². The highest BCUT2D eigenvalue weighted by atomic mass is 32.1. The summed E-state index contributed by atoms with van der Waals surface area (Å²) in [6.07, 6.45) is 0.459. The average Bonchev–Trinajstić information content (AvgIpc) is 3.06. The van der Waals surface area contributed by atoms with Crippen LogP contribution >= 0.6 is 11.3 Å². The van der Waals surface area contributed by atoms with Crippen molar-refractivity contribution in [3.05, 3.63) is 16.5 Å². The maximum atomic E-state index is 12.1. The molecule has 1 saturated heterocycles. The lowest BCUT2D eigenvalue weighted by Gasteiger charge is -2.15. The Morgan fingerprint density at radius 3 is 2.82 bits per heavy atom. The fraction of sp³-hybridized carbons (Fsp3) is 0.500. The van der Waals surface area contributed by atoms with E-state index in [-0.39, 0.29) is 12.6 Å². The smallest absolute Gasteiger partial charge is 0.348 e. The van der Waals surface area contributed by atoms with Gasteiger partial charge in [-0.1, -0.05) is 0 Å². The van der Waals surface area contributed by atoms with E-state index >= 15 is 0 Å². The van der Waals surface area contributed by atoms with Crippen molar-refractivity contribution >= 4 is 34.3 Å². The molecule has 1 unspecified atom stereocenters. The van der Waals surface area contributed by atoms with Crippen LogP contribution in [0.15, 0.2) is 6.07 Å². The van der Waals surface area contributed by atoms with E-state index < -0.39 is 17.9 Å². The molecule has 2 amide bonds. The van der Waals surface area contributed by atoms with Gasteiger partial charge in [0.15, 0.2) is 0 Å². The number of hydrogen-bond donors (Lipinski definition) is 2. The van der Waals surface area contributed by atoms with Crippen molar-refractivity contribution in [1.82, 2.24) is 4.90 Å². The molecule has 0 spiro atoms. The lowest BCUT2D eigenvalue weighted by molar-refractivity contribution is -0.141. The standard InChI is InChI=1S/C14H18N2O5S/c1-3-21-13(19)11-8(2)6-10(22-11)15-14(20)16-5-4-9(7-16)12(17)18/h6,9H,3-5,7H2,1-2H3,(H,15,20)(H,17,18). The van der Waals surface area contributed by atoms with Gasteiger partial charge < -0.3 is 14.7 Å². The fourth-order valence-corrected chi connectivity index (χ4v) is 3.23. The molecule has 120 valence electrons. The molecular weight excluding hydrogens is 308 g/mol. The minimum absolute atomic E-state index is 0.205. The molecule has 0 radical (unpaired) electrons. The van der Waals surface area contributed by atoms with Crippen LogP contribution in [0.1, 0.15) is 28.6 Å². The van der Waals surface area contributed by atoms with Gasteiger partial charge in [-0.15, -0.1) is 11.3 Å². The molecule has 0 aliphatic carbocycles. The van der Waals surface area contributed by atoms with Crippen LogP contribution < -0.4 is 5.32 Å². The molecule has 0 saturated carbocycles. The van der Waals surface area contributed by atoms with E-state index in [0.717, 1.165) is 16.9 Å². The molecule has 2 N–H and O–H groups in total. The van der Waals surface area contributed by atoms with Crippen molar-refractivity contribution < 1.29 is 24.2 Å². The third-order valence-corrected chi connectivity index (χ3v) is 4.57. The number of nitrogens with one attached hydrogen (secondary N) is 1. The lowest BCUT2D eigenvalue weighted by atomic mass is 10.1. The molecule has 1 aromatic heterocycles. The Hall–Kier alpha value is -2.09. The largest absolute Gasteiger partial charge is 0.481 e. The number of carbonyl (C=O) groups excluding carboxylic acids is 2. The number of likely N-dealkylation sites (tertiary alicyclic amines) is 1. The number of nitrogens with zero attached hydrogens (tertiary/aromatic N) is 1. The number of ether oxygens (including phenoxy) is 1. The zero-order valence-electron chi connectivity index (χ0n) is 12.4. The number of aliphatic carboxylic acids is 1. The number of carbonyl (C=O) groups is 3. The predicted molar refractivity (Wildman–Crippen MR) is 81.3 cm³/mol. The number of urea groups is 1. The topological polar surface area (TPSA) is 95.9 Å². The van der Waals surface area contributed by atoms with E-state index in [1.165, 1.54) is 4.90 Å². The zero-order chi connectivity index (χ0) is 16.3. The molecule has 1 fully saturated rings. The van der Waals surface area contributed by atoms with E-state index in [1.54, 1.807) is 19.9 Å². The molecule has 1 atom stereocenters. The van der Waals surface area contributed by atoms with Crippen molar-refractivity contribution in [3.8, 4) is 0 Å². The first-order chi connectivity index (χ1) is 10.4. The van der Waals surface area contributed by atoms with Crippen molar-refractivity contribution in [2.24, 2.45) is 5.92 Å². The Morgan fingerprint density at radius 2 is 2.23 bits per heavy atom. The molecule has 8 heteroatoms. The third-order valence-electron chi connectivity index (χ3n) is 3.43. The summed E-state index contributed by atoms with van der Waals surface area (Å²) in [5.41, 5.74) is 0.739. The summed E-state index contributed by atoms with van der Waals surface area (Å²) in [5, 5.41) is 12.2. The highest BCUT2D eigenvalue weighted by Crippen LogP contribution is 2.28. The molecule has 22 heavy (non-hydrogen) atoms. The van der Waals surface area contributed by atoms with E-state index in [1.807, 2.05) is 0 Å². The molecule has 2 heterocycles. The van der Waals surface area contributed by atoms with Crippen molar-refractivity contribution in [2.75, 3.05) is 25.0 Å². The van der Waals surface area contributed by atoms with E-state index in [4.69, 9.17) is 9.84 Å².